The lowest BCUT2D eigenvalue weighted by atomic mass is 10.2. The molecule has 0 heterocycles. The Morgan fingerprint density at radius 2 is 2.06 bits per heavy atom. The molecule has 0 saturated carbocycles. The molecule has 1 atom stereocenters. The SMILES string of the molecule is COCCN(CC=C(C)C(=O)O)C(C)COC. The van der Waals surface area contributed by atoms with Gasteiger partial charge in [-0.25, -0.2) is 4.79 Å². The normalized spacial score (nSPS) is 14.1. The first-order chi connectivity index (χ1) is 8.02. The number of carbonyl (C=O) groups is 1. The van der Waals surface area contributed by atoms with Crippen LogP contribution in [0.25, 0.3) is 0 Å². The fourth-order valence-electron chi connectivity index (χ4n) is 1.39. The molecule has 0 spiro atoms. The van der Waals surface area contributed by atoms with E-state index in [9.17, 15) is 4.79 Å². The van der Waals surface area contributed by atoms with Crippen molar-refractivity contribution in [3.8, 4) is 0 Å². The minimum atomic E-state index is -0.879. The van der Waals surface area contributed by atoms with Crippen molar-refractivity contribution >= 4 is 5.97 Å². The number of rotatable bonds is 9. The largest absolute Gasteiger partial charge is 0.478 e. The zero-order chi connectivity index (χ0) is 13.3. The molecule has 100 valence electrons. The maximum atomic E-state index is 10.7. The van der Waals surface area contributed by atoms with Crippen LogP contribution in [-0.4, -0.2) is 62.5 Å². The molecular weight excluding hydrogens is 222 g/mol. The quantitative estimate of drug-likeness (QED) is 0.614. The van der Waals surface area contributed by atoms with Crippen molar-refractivity contribution < 1.29 is 19.4 Å². The van der Waals surface area contributed by atoms with Gasteiger partial charge in [-0.05, 0) is 13.8 Å². The van der Waals surface area contributed by atoms with Gasteiger partial charge < -0.3 is 14.6 Å². The van der Waals surface area contributed by atoms with E-state index in [0.29, 0.717) is 25.3 Å². The van der Waals surface area contributed by atoms with Crippen LogP contribution < -0.4 is 0 Å². The Kier molecular flexibility index (Phi) is 8.66. The van der Waals surface area contributed by atoms with Gasteiger partial charge >= 0.3 is 5.97 Å². The highest BCUT2D eigenvalue weighted by molar-refractivity contribution is 5.85. The molecule has 0 aliphatic heterocycles. The Balaban J connectivity index is 4.37. The summed E-state index contributed by atoms with van der Waals surface area (Å²) in [7, 11) is 3.31. The molecule has 0 aliphatic carbocycles. The Bertz CT molecular complexity index is 253. The van der Waals surface area contributed by atoms with Crippen molar-refractivity contribution in [1.29, 1.82) is 0 Å². The van der Waals surface area contributed by atoms with Crippen LogP contribution >= 0.6 is 0 Å². The maximum absolute atomic E-state index is 10.7. The van der Waals surface area contributed by atoms with E-state index in [-0.39, 0.29) is 6.04 Å². The first-order valence-electron chi connectivity index (χ1n) is 5.64. The van der Waals surface area contributed by atoms with Crippen LogP contribution in [0.15, 0.2) is 11.6 Å². The summed E-state index contributed by atoms with van der Waals surface area (Å²) in [6, 6.07) is 0.230. The van der Waals surface area contributed by atoms with Crippen molar-refractivity contribution in [2.75, 3.05) is 40.5 Å². The van der Waals surface area contributed by atoms with E-state index < -0.39 is 5.97 Å². The van der Waals surface area contributed by atoms with Gasteiger partial charge in [0.1, 0.15) is 0 Å². The Hall–Kier alpha value is -0.910. The average Bonchev–Trinajstić information content (AvgIpc) is 2.28. The molecule has 1 N–H and O–H groups in total. The zero-order valence-corrected chi connectivity index (χ0v) is 11.1. The van der Waals surface area contributed by atoms with Crippen LogP contribution in [0.5, 0.6) is 0 Å². The molecule has 0 radical (unpaired) electrons. The van der Waals surface area contributed by atoms with E-state index in [4.69, 9.17) is 14.6 Å². The number of hydrogen-bond acceptors (Lipinski definition) is 4. The predicted molar refractivity (Wildman–Crippen MR) is 66.2 cm³/mol. The lowest BCUT2D eigenvalue weighted by Gasteiger charge is -2.27. The molecule has 17 heavy (non-hydrogen) atoms. The van der Waals surface area contributed by atoms with Gasteiger partial charge in [-0.1, -0.05) is 6.08 Å². The average molecular weight is 245 g/mol. The highest BCUT2D eigenvalue weighted by Crippen LogP contribution is 2.02. The number of aliphatic carboxylic acids is 1. The summed E-state index contributed by atoms with van der Waals surface area (Å²) < 4.78 is 10.1. The van der Waals surface area contributed by atoms with Gasteiger partial charge in [0, 0.05) is 38.9 Å². The smallest absolute Gasteiger partial charge is 0.330 e. The molecule has 0 aliphatic rings. The summed E-state index contributed by atoms with van der Waals surface area (Å²) in [5.74, 6) is -0.879. The summed E-state index contributed by atoms with van der Waals surface area (Å²) in [6.07, 6.45) is 1.71. The van der Waals surface area contributed by atoms with E-state index in [1.165, 1.54) is 0 Å². The third kappa shape index (κ3) is 7.10. The van der Waals surface area contributed by atoms with Gasteiger partial charge in [0.25, 0.3) is 0 Å². The van der Waals surface area contributed by atoms with Gasteiger partial charge in [0.2, 0.25) is 0 Å². The van der Waals surface area contributed by atoms with E-state index in [0.717, 1.165) is 6.54 Å². The zero-order valence-electron chi connectivity index (χ0n) is 11.1. The Morgan fingerprint density at radius 3 is 2.53 bits per heavy atom. The minimum Gasteiger partial charge on any atom is -0.478 e. The van der Waals surface area contributed by atoms with Crippen LogP contribution in [0.4, 0.5) is 0 Å². The number of hydrogen-bond donors (Lipinski definition) is 1. The van der Waals surface area contributed by atoms with Crippen LogP contribution in [0.2, 0.25) is 0 Å². The highest BCUT2D eigenvalue weighted by Gasteiger charge is 2.12. The highest BCUT2D eigenvalue weighted by atomic mass is 16.5. The number of methoxy groups -OCH3 is 2. The molecular formula is C12H23NO4. The topological polar surface area (TPSA) is 59.0 Å². The maximum Gasteiger partial charge on any atom is 0.330 e. The summed E-state index contributed by atoms with van der Waals surface area (Å²) >= 11 is 0. The number of ether oxygens (including phenoxy) is 2. The molecule has 0 rings (SSSR count). The summed E-state index contributed by atoms with van der Waals surface area (Å²) in [4.78, 5) is 12.8. The van der Waals surface area contributed by atoms with E-state index in [1.54, 1.807) is 27.2 Å². The van der Waals surface area contributed by atoms with Crippen molar-refractivity contribution in [3.63, 3.8) is 0 Å². The first-order valence-corrected chi connectivity index (χ1v) is 5.64. The van der Waals surface area contributed by atoms with Crippen molar-refractivity contribution in [1.82, 2.24) is 4.90 Å². The van der Waals surface area contributed by atoms with Gasteiger partial charge in [-0.15, -0.1) is 0 Å². The molecule has 0 fully saturated rings. The monoisotopic (exact) mass is 245 g/mol. The molecule has 5 nitrogen and oxygen atoms in total. The Labute approximate surface area is 103 Å². The molecule has 0 amide bonds. The van der Waals surface area contributed by atoms with Gasteiger partial charge in [-0.2, -0.15) is 0 Å². The summed E-state index contributed by atoms with van der Waals surface area (Å²) in [6.45, 7) is 6.22. The lowest BCUT2D eigenvalue weighted by molar-refractivity contribution is -0.132. The summed E-state index contributed by atoms with van der Waals surface area (Å²) in [5.41, 5.74) is 0.358. The van der Waals surface area contributed by atoms with E-state index >= 15 is 0 Å². The molecule has 0 bridgehead atoms. The number of nitrogens with zero attached hydrogens (tertiary/aromatic N) is 1. The van der Waals surface area contributed by atoms with E-state index in [2.05, 4.69) is 4.90 Å². The Morgan fingerprint density at radius 1 is 1.41 bits per heavy atom. The first kappa shape index (κ1) is 16.1. The van der Waals surface area contributed by atoms with Gasteiger partial charge in [-0.3, -0.25) is 4.90 Å². The second-order valence-electron chi connectivity index (χ2n) is 3.98. The second-order valence-corrected chi connectivity index (χ2v) is 3.98. The molecule has 0 aromatic rings. The minimum absolute atomic E-state index is 0.230. The summed E-state index contributed by atoms with van der Waals surface area (Å²) in [5, 5.41) is 8.78. The predicted octanol–water partition coefficient (Wildman–Crippen LogP) is 1.00. The van der Waals surface area contributed by atoms with Crippen LogP contribution in [0.3, 0.4) is 0 Å². The van der Waals surface area contributed by atoms with Crippen LogP contribution in [0.1, 0.15) is 13.8 Å². The molecule has 5 heteroatoms. The van der Waals surface area contributed by atoms with Gasteiger partial charge in [0.05, 0.1) is 13.2 Å². The van der Waals surface area contributed by atoms with Crippen LogP contribution in [0, 0.1) is 0 Å². The second kappa shape index (κ2) is 9.15. The number of carboxylic acid groups (broad SMARTS) is 1. The number of carboxylic acids is 1. The fourth-order valence-corrected chi connectivity index (χ4v) is 1.39. The third-order valence-corrected chi connectivity index (χ3v) is 2.58. The van der Waals surface area contributed by atoms with Crippen molar-refractivity contribution in [2.24, 2.45) is 0 Å². The fraction of sp³-hybridized carbons (Fsp3) is 0.750. The standard InChI is InChI=1S/C12H23NO4/c1-10(12(14)15)5-6-13(7-8-16-3)11(2)9-17-4/h5,11H,6-9H2,1-4H3,(H,14,15). The molecule has 0 saturated heterocycles. The van der Waals surface area contributed by atoms with Crippen molar-refractivity contribution in [2.45, 2.75) is 19.9 Å². The molecule has 1 unspecified atom stereocenters. The van der Waals surface area contributed by atoms with Crippen molar-refractivity contribution in [3.05, 3.63) is 11.6 Å². The molecule has 0 aromatic carbocycles. The van der Waals surface area contributed by atoms with Gasteiger partial charge in [0.15, 0.2) is 0 Å². The lowest BCUT2D eigenvalue weighted by Crippen LogP contribution is -2.38. The van der Waals surface area contributed by atoms with Crippen LogP contribution in [-0.2, 0) is 14.3 Å². The van der Waals surface area contributed by atoms with E-state index in [1.807, 2.05) is 6.92 Å². The molecule has 0 aromatic heterocycles. The third-order valence-electron chi connectivity index (χ3n) is 2.58.